The van der Waals surface area contributed by atoms with Gasteiger partial charge in [-0.25, -0.2) is 0 Å². The summed E-state index contributed by atoms with van der Waals surface area (Å²) in [6.07, 6.45) is -2.00. The van der Waals surface area contributed by atoms with Crippen molar-refractivity contribution in [2.45, 2.75) is 25.1 Å². The monoisotopic (exact) mass is 284 g/mol. The van der Waals surface area contributed by atoms with Crippen molar-refractivity contribution in [3.8, 4) is 0 Å². The van der Waals surface area contributed by atoms with Gasteiger partial charge in [0.05, 0.1) is 5.56 Å². The van der Waals surface area contributed by atoms with Gasteiger partial charge < -0.3 is 5.32 Å². The Hall–Kier alpha value is -1.07. The van der Waals surface area contributed by atoms with Crippen LogP contribution in [0, 0.1) is 5.92 Å². The number of halogens is 3. The molecule has 110 valence electrons. The lowest BCUT2D eigenvalue weighted by Gasteiger charge is -2.35. The molecule has 0 unspecified atom stereocenters. The van der Waals surface area contributed by atoms with E-state index in [0.717, 1.165) is 50.7 Å². The van der Waals surface area contributed by atoms with Crippen LogP contribution < -0.4 is 5.32 Å². The Morgan fingerprint density at radius 2 is 1.85 bits per heavy atom. The van der Waals surface area contributed by atoms with Crippen molar-refractivity contribution in [2.75, 3.05) is 26.2 Å². The number of hydrogen-bond acceptors (Lipinski definition) is 2. The van der Waals surface area contributed by atoms with Gasteiger partial charge in [-0.2, -0.15) is 13.2 Å². The number of hydrogen-bond donors (Lipinski definition) is 1. The summed E-state index contributed by atoms with van der Waals surface area (Å²) in [6.45, 7) is 3.67. The van der Waals surface area contributed by atoms with Gasteiger partial charge in [0, 0.05) is 32.2 Å². The zero-order valence-corrected chi connectivity index (χ0v) is 11.3. The van der Waals surface area contributed by atoms with E-state index in [4.69, 9.17) is 0 Å². The van der Waals surface area contributed by atoms with Crippen LogP contribution in [0.4, 0.5) is 13.2 Å². The molecule has 2 nitrogen and oxygen atoms in total. The molecule has 1 atom stereocenters. The van der Waals surface area contributed by atoms with Crippen molar-refractivity contribution >= 4 is 0 Å². The van der Waals surface area contributed by atoms with E-state index < -0.39 is 11.7 Å². The van der Waals surface area contributed by atoms with Gasteiger partial charge in [-0.05, 0) is 36.5 Å². The molecule has 1 aromatic rings. The third-order valence-corrected chi connectivity index (χ3v) is 4.17. The smallest absolute Gasteiger partial charge is 0.314 e. The number of piperazine rings is 1. The van der Waals surface area contributed by atoms with Crippen molar-refractivity contribution in [1.82, 2.24) is 10.2 Å². The zero-order chi connectivity index (χ0) is 14.2. The normalized spacial score (nSPS) is 22.8. The summed E-state index contributed by atoms with van der Waals surface area (Å²) in [5.41, 5.74) is 0.292. The SMILES string of the molecule is FC(F)(F)c1cccc([C@@H](C2CC2)N2CCNCC2)c1. The minimum atomic E-state index is -4.26. The number of nitrogens with zero attached hydrogens (tertiary/aromatic N) is 1. The molecular weight excluding hydrogens is 265 g/mol. The molecule has 0 bridgehead atoms. The standard InChI is InChI=1S/C15H19F3N2/c16-15(17,18)13-3-1-2-12(10-13)14(11-4-5-11)20-8-6-19-7-9-20/h1-3,10-11,14,19H,4-9H2/t14-/m1/s1. The maximum Gasteiger partial charge on any atom is 0.416 e. The minimum Gasteiger partial charge on any atom is -0.314 e. The Morgan fingerprint density at radius 1 is 1.15 bits per heavy atom. The lowest BCUT2D eigenvalue weighted by Crippen LogP contribution is -2.45. The fourth-order valence-electron chi connectivity index (χ4n) is 3.05. The van der Waals surface area contributed by atoms with Crippen LogP contribution in [0.25, 0.3) is 0 Å². The van der Waals surface area contributed by atoms with E-state index in [1.807, 2.05) is 6.07 Å². The molecule has 0 aromatic heterocycles. The minimum absolute atomic E-state index is 0.152. The van der Waals surface area contributed by atoms with Gasteiger partial charge in [-0.1, -0.05) is 12.1 Å². The lowest BCUT2D eigenvalue weighted by atomic mass is 9.97. The van der Waals surface area contributed by atoms with Gasteiger partial charge >= 0.3 is 6.18 Å². The Kier molecular flexibility index (Phi) is 3.73. The number of alkyl halides is 3. The summed E-state index contributed by atoms with van der Waals surface area (Å²) >= 11 is 0. The van der Waals surface area contributed by atoms with Crippen LogP contribution in [0.1, 0.15) is 30.0 Å². The first-order valence-corrected chi connectivity index (χ1v) is 7.17. The highest BCUT2D eigenvalue weighted by molar-refractivity contribution is 5.29. The maximum absolute atomic E-state index is 12.9. The molecule has 0 spiro atoms. The van der Waals surface area contributed by atoms with E-state index in [9.17, 15) is 13.2 Å². The fourth-order valence-corrected chi connectivity index (χ4v) is 3.05. The molecule has 2 fully saturated rings. The predicted molar refractivity (Wildman–Crippen MR) is 71.4 cm³/mol. The predicted octanol–water partition coefficient (Wildman–Crippen LogP) is 3.06. The van der Waals surface area contributed by atoms with Gasteiger partial charge in [0.15, 0.2) is 0 Å². The van der Waals surface area contributed by atoms with Gasteiger partial charge in [0.25, 0.3) is 0 Å². The summed E-state index contributed by atoms with van der Waals surface area (Å²) in [5, 5.41) is 3.29. The second-order valence-electron chi connectivity index (χ2n) is 5.69. The summed E-state index contributed by atoms with van der Waals surface area (Å²) in [4.78, 5) is 2.34. The highest BCUT2D eigenvalue weighted by atomic mass is 19.4. The first kappa shape index (κ1) is 13.9. The third-order valence-electron chi connectivity index (χ3n) is 4.17. The van der Waals surface area contributed by atoms with Crippen LogP contribution >= 0.6 is 0 Å². The van der Waals surface area contributed by atoms with Crippen LogP contribution in [0.15, 0.2) is 24.3 Å². The summed E-state index contributed by atoms with van der Waals surface area (Å²) < 4.78 is 38.6. The van der Waals surface area contributed by atoms with Crippen LogP contribution in [-0.2, 0) is 6.18 Å². The van der Waals surface area contributed by atoms with E-state index in [2.05, 4.69) is 10.2 Å². The molecule has 1 saturated heterocycles. The van der Waals surface area contributed by atoms with E-state index >= 15 is 0 Å². The molecule has 1 heterocycles. The van der Waals surface area contributed by atoms with Gasteiger partial charge in [-0.3, -0.25) is 4.90 Å². The second kappa shape index (κ2) is 5.37. The quantitative estimate of drug-likeness (QED) is 0.917. The average molecular weight is 284 g/mol. The zero-order valence-electron chi connectivity index (χ0n) is 11.3. The van der Waals surface area contributed by atoms with Crippen LogP contribution in [0.5, 0.6) is 0 Å². The van der Waals surface area contributed by atoms with Crippen molar-refractivity contribution < 1.29 is 13.2 Å². The van der Waals surface area contributed by atoms with E-state index in [0.29, 0.717) is 5.92 Å². The lowest BCUT2D eigenvalue weighted by molar-refractivity contribution is -0.137. The molecule has 5 heteroatoms. The summed E-state index contributed by atoms with van der Waals surface area (Å²) in [6, 6.07) is 6.03. The second-order valence-corrected chi connectivity index (χ2v) is 5.69. The van der Waals surface area contributed by atoms with Crippen LogP contribution in [-0.4, -0.2) is 31.1 Å². The molecule has 1 aromatic carbocycles. The summed E-state index contributed by atoms with van der Waals surface area (Å²) in [7, 11) is 0. The molecule has 0 radical (unpaired) electrons. The summed E-state index contributed by atoms with van der Waals surface area (Å²) in [5.74, 6) is 0.525. The van der Waals surface area contributed by atoms with Gasteiger partial charge in [0.2, 0.25) is 0 Å². The van der Waals surface area contributed by atoms with Crippen molar-refractivity contribution in [3.63, 3.8) is 0 Å². The number of rotatable bonds is 3. The Labute approximate surface area is 117 Å². The third kappa shape index (κ3) is 2.99. The van der Waals surface area contributed by atoms with Crippen molar-refractivity contribution in [2.24, 2.45) is 5.92 Å². The van der Waals surface area contributed by atoms with Crippen LogP contribution in [0.2, 0.25) is 0 Å². The molecule has 0 amide bonds. The molecule has 3 rings (SSSR count). The molecule has 1 N–H and O–H groups in total. The molecule has 2 aliphatic rings. The molecule has 20 heavy (non-hydrogen) atoms. The van der Waals surface area contributed by atoms with Gasteiger partial charge in [-0.15, -0.1) is 0 Å². The molecule has 1 saturated carbocycles. The van der Waals surface area contributed by atoms with E-state index in [-0.39, 0.29) is 6.04 Å². The maximum atomic E-state index is 12.9. The van der Waals surface area contributed by atoms with Crippen molar-refractivity contribution in [3.05, 3.63) is 35.4 Å². The van der Waals surface area contributed by atoms with E-state index in [1.54, 1.807) is 0 Å². The fraction of sp³-hybridized carbons (Fsp3) is 0.600. The first-order chi connectivity index (χ1) is 9.55. The highest BCUT2D eigenvalue weighted by Gasteiger charge is 2.38. The topological polar surface area (TPSA) is 15.3 Å². The average Bonchev–Trinajstić information content (AvgIpc) is 3.24. The van der Waals surface area contributed by atoms with Crippen molar-refractivity contribution in [1.29, 1.82) is 0 Å². The van der Waals surface area contributed by atoms with E-state index in [1.165, 1.54) is 12.1 Å². The number of nitrogens with one attached hydrogen (secondary N) is 1. The largest absolute Gasteiger partial charge is 0.416 e. The Balaban J connectivity index is 1.87. The van der Waals surface area contributed by atoms with Gasteiger partial charge in [0.1, 0.15) is 0 Å². The highest BCUT2D eigenvalue weighted by Crippen LogP contribution is 2.45. The molecule has 1 aliphatic heterocycles. The molecule has 1 aliphatic carbocycles. The first-order valence-electron chi connectivity index (χ1n) is 7.17. The molecular formula is C15H19F3N2. The Morgan fingerprint density at radius 3 is 2.45 bits per heavy atom. The number of benzene rings is 1. The van der Waals surface area contributed by atoms with Crippen LogP contribution in [0.3, 0.4) is 0 Å². The Bertz CT molecular complexity index is 462.